The molecule has 1 aromatic carbocycles. The van der Waals surface area contributed by atoms with Gasteiger partial charge in [0.05, 0.1) is 6.54 Å². The zero-order valence-electron chi connectivity index (χ0n) is 10.1. The summed E-state index contributed by atoms with van der Waals surface area (Å²) in [4.78, 5) is 6.62. The topological polar surface area (TPSA) is 61.8 Å². The predicted octanol–water partition coefficient (Wildman–Crippen LogP) is 0.761. The molecule has 4 nitrogen and oxygen atoms in total. The van der Waals surface area contributed by atoms with E-state index in [0.29, 0.717) is 6.42 Å². The molecule has 0 spiro atoms. The first kappa shape index (κ1) is 12.1. The predicted molar refractivity (Wildman–Crippen MR) is 69.1 cm³/mol. The van der Waals surface area contributed by atoms with Crippen molar-refractivity contribution in [2.45, 2.75) is 12.5 Å². The van der Waals surface area contributed by atoms with Gasteiger partial charge in [0.1, 0.15) is 5.84 Å². The number of hydrogen-bond acceptors (Lipinski definition) is 4. The Balaban J connectivity index is 2.13. The third kappa shape index (κ3) is 2.65. The number of nitrogens with two attached hydrogens (primary N) is 1. The Morgan fingerprint density at radius 1 is 1.41 bits per heavy atom. The number of benzene rings is 1. The Kier molecular flexibility index (Phi) is 3.76. The van der Waals surface area contributed by atoms with Crippen molar-refractivity contribution in [2.75, 3.05) is 26.7 Å². The molecule has 1 unspecified atom stereocenters. The molecule has 0 fully saturated rings. The smallest absolute Gasteiger partial charge is 0.130 e. The average molecular weight is 233 g/mol. The first-order chi connectivity index (χ1) is 8.22. The first-order valence-electron chi connectivity index (χ1n) is 5.94. The average Bonchev–Trinajstić information content (AvgIpc) is 2.76. The number of aliphatic hydroxyl groups is 1. The van der Waals surface area contributed by atoms with E-state index in [1.54, 1.807) is 0 Å². The molecule has 0 aromatic heterocycles. The number of aliphatic imine (C=N–C) groups is 1. The standard InChI is InChI=1S/C13H19N3O/c1-16-8-7-15-13(16)11-4-2-10(3-5-11)12(14)6-9-17/h2-5,12,17H,6-9,14H2,1H3. The summed E-state index contributed by atoms with van der Waals surface area (Å²) in [5.74, 6) is 1.05. The fraction of sp³-hybridized carbons (Fsp3) is 0.462. The van der Waals surface area contributed by atoms with E-state index in [4.69, 9.17) is 10.8 Å². The van der Waals surface area contributed by atoms with Crippen LogP contribution in [0.3, 0.4) is 0 Å². The second-order valence-electron chi connectivity index (χ2n) is 4.37. The highest BCUT2D eigenvalue weighted by molar-refractivity contribution is 5.99. The molecule has 2 rings (SSSR count). The highest BCUT2D eigenvalue weighted by atomic mass is 16.3. The van der Waals surface area contributed by atoms with Gasteiger partial charge in [0, 0.05) is 31.8 Å². The molecule has 1 heterocycles. The zero-order chi connectivity index (χ0) is 12.3. The molecule has 1 atom stereocenters. The number of aliphatic hydroxyl groups excluding tert-OH is 1. The molecule has 0 aliphatic carbocycles. The van der Waals surface area contributed by atoms with E-state index in [0.717, 1.165) is 30.1 Å². The minimum atomic E-state index is -0.0858. The molecule has 1 aliphatic heterocycles. The summed E-state index contributed by atoms with van der Waals surface area (Å²) in [5.41, 5.74) is 8.12. The van der Waals surface area contributed by atoms with Crippen LogP contribution in [0.25, 0.3) is 0 Å². The van der Waals surface area contributed by atoms with Gasteiger partial charge < -0.3 is 15.7 Å². The van der Waals surface area contributed by atoms with Crippen molar-refractivity contribution in [1.82, 2.24) is 4.90 Å². The zero-order valence-corrected chi connectivity index (χ0v) is 10.1. The Bertz CT molecular complexity index is 400. The van der Waals surface area contributed by atoms with Crippen molar-refractivity contribution in [3.8, 4) is 0 Å². The molecular formula is C13H19N3O. The molecule has 0 amide bonds. The second-order valence-corrected chi connectivity index (χ2v) is 4.37. The van der Waals surface area contributed by atoms with Gasteiger partial charge in [-0.3, -0.25) is 4.99 Å². The lowest BCUT2D eigenvalue weighted by Crippen LogP contribution is -2.23. The molecule has 3 N–H and O–H groups in total. The fourth-order valence-corrected chi connectivity index (χ4v) is 2.03. The minimum Gasteiger partial charge on any atom is -0.396 e. The van der Waals surface area contributed by atoms with E-state index in [1.807, 2.05) is 24.3 Å². The van der Waals surface area contributed by atoms with Crippen LogP contribution >= 0.6 is 0 Å². The van der Waals surface area contributed by atoms with Gasteiger partial charge in [0.15, 0.2) is 0 Å². The van der Waals surface area contributed by atoms with Gasteiger partial charge in [-0.15, -0.1) is 0 Å². The maximum absolute atomic E-state index is 8.85. The molecule has 0 bridgehead atoms. The van der Waals surface area contributed by atoms with Gasteiger partial charge in [0.2, 0.25) is 0 Å². The summed E-state index contributed by atoms with van der Waals surface area (Å²) in [7, 11) is 2.05. The summed E-state index contributed by atoms with van der Waals surface area (Å²) in [6.45, 7) is 1.98. The van der Waals surface area contributed by atoms with Gasteiger partial charge in [-0.2, -0.15) is 0 Å². The van der Waals surface area contributed by atoms with Crippen molar-refractivity contribution in [2.24, 2.45) is 10.7 Å². The molecule has 17 heavy (non-hydrogen) atoms. The number of likely N-dealkylation sites (N-methyl/N-ethyl adjacent to an activating group) is 1. The number of amidine groups is 1. The monoisotopic (exact) mass is 233 g/mol. The SMILES string of the molecule is CN1CCN=C1c1ccc(C(N)CCO)cc1. The minimum absolute atomic E-state index is 0.0858. The van der Waals surface area contributed by atoms with E-state index in [1.165, 1.54) is 0 Å². The third-order valence-corrected chi connectivity index (χ3v) is 3.10. The maximum atomic E-state index is 8.85. The van der Waals surface area contributed by atoms with Crippen LogP contribution in [0, 0.1) is 0 Å². The van der Waals surface area contributed by atoms with E-state index < -0.39 is 0 Å². The van der Waals surface area contributed by atoms with Crippen LogP contribution in [0.4, 0.5) is 0 Å². The molecular weight excluding hydrogens is 214 g/mol. The van der Waals surface area contributed by atoms with Crippen LogP contribution in [0.15, 0.2) is 29.3 Å². The molecule has 0 radical (unpaired) electrons. The fourth-order valence-electron chi connectivity index (χ4n) is 2.03. The van der Waals surface area contributed by atoms with E-state index >= 15 is 0 Å². The Labute approximate surface area is 102 Å². The summed E-state index contributed by atoms with van der Waals surface area (Å²) in [6.07, 6.45) is 0.597. The maximum Gasteiger partial charge on any atom is 0.130 e. The van der Waals surface area contributed by atoms with E-state index in [-0.39, 0.29) is 12.6 Å². The van der Waals surface area contributed by atoms with Gasteiger partial charge in [-0.25, -0.2) is 0 Å². The molecule has 0 saturated carbocycles. The van der Waals surface area contributed by atoms with E-state index in [9.17, 15) is 0 Å². The van der Waals surface area contributed by atoms with Crippen molar-refractivity contribution >= 4 is 5.84 Å². The lowest BCUT2D eigenvalue weighted by molar-refractivity contribution is 0.276. The van der Waals surface area contributed by atoms with E-state index in [2.05, 4.69) is 16.9 Å². The Morgan fingerprint density at radius 2 is 2.12 bits per heavy atom. The second kappa shape index (κ2) is 5.29. The van der Waals surface area contributed by atoms with Crippen LogP contribution in [-0.2, 0) is 0 Å². The molecule has 1 aromatic rings. The van der Waals surface area contributed by atoms with Gasteiger partial charge in [-0.05, 0) is 12.0 Å². The van der Waals surface area contributed by atoms with Crippen LogP contribution in [-0.4, -0.2) is 42.6 Å². The van der Waals surface area contributed by atoms with Crippen molar-refractivity contribution < 1.29 is 5.11 Å². The summed E-state index contributed by atoms with van der Waals surface area (Å²) >= 11 is 0. The Hall–Kier alpha value is -1.39. The van der Waals surface area contributed by atoms with Gasteiger partial charge in [-0.1, -0.05) is 24.3 Å². The lowest BCUT2D eigenvalue weighted by atomic mass is 10.0. The molecule has 4 heteroatoms. The van der Waals surface area contributed by atoms with Crippen molar-refractivity contribution in [3.05, 3.63) is 35.4 Å². The number of nitrogens with zero attached hydrogens (tertiary/aromatic N) is 2. The molecule has 1 aliphatic rings. The largest absolute Gasteiger partial charge is 0.396 e. The normalized spacial score (nSPS) is 17.1. The highest BCUT2D eigenvalue weighted by Gasteiger charge is 2.14. The third-order valence-electron chi connectivity index (χ3n) is 3.10. The van der Waals surface area contributed by atoms with Crippen LogP contribution in [0.1, 0.15) is 23.6 Å². The van der Waals surface area contributed by atoms with Crippen LogP contribution < -0.4 is 5.73 Å². The number of hydrogen-bond donors (Lipinski definition) is 2. The summed E-state index contributed by atoms with van der Waals surface area (Å²) in [5, 5.41) is 8.85. The van der Waals surface area contributed by atoms with Crippen molar-refractivity contribution in [1.29, 1.82) is 0 Å². The van der Waals surface area contributed by atoms with Crippen LogP contribution in [0.2, 0.25) is 0 Å². The summed E-state index contributed by atoms with van der Waals surface area (Å²) in [6, 6.07) is 8.05. The lowest BCUT2D eigenvalue weighted by Gasteiger charge is -2.15. The number of rotatable bonds is 4. The highest BCUT2D eigenvalue weighted by Crippen LogP contribution is 2.16. The summed E-state index contributed by atoms with van der Waals surface area (Å²) < 4.78 is 0. The van der Waals surface area contributed by atoms with Crippen LogP contribution in [0.5, 0.6) is 0 Å². The van der Waals surface area contributed by atoms with Gasteiger partial charge >= 0.3 is 0 Å². The molecule has 0 saturated heterocycles. The first-order valence-corrected chi connectivity index (χ1v) is 5.94. The van der Waals surface area contributed by atoms with Crippen molar-refractivity contribution in [3.63, 3.8) is 0 Å². The van der Waals surface area contributed by atoms with Gasteiger partial charge in [0.25, 0.3) is 0 Å². The Morgan fingerprint density at radius 3 is 2.65 bits per heavy atom. The quantitative estimate of drug-likeness (QED) is 0.807. The molecule has 92 valence electrons.